The van der Waals surface area contributed by atoms with Crippen molar-refractivity contribution in [2.75, 3.05) is 13.1 Å². The zero-order valence-electron chi connectivity index (χ0n) is 10.3. The summed E-state index contributed by atoms with van der Waals surface area (Å²) in [5.74, 6) is 0.937. The van der Waals surface area contributed by atoms with E-state index in [1.165, 1.54) is 37.8 Å². The molecule has 92 valence electrons. The molecule has 0 amide bonds. The van der Waals surface area contributed by atoms with E-state index in [2.05, 4.69) is 22.0 Å². The summed E-state index contributed by atoms with van der Waals surface area (Å²) in [7, 11) is 0. The van der Waals surface area contributed by atoms with E-state index in [4.69, 9.17) is 5.73 Å². The molecule has 2 N–H and O–H groups in total. The molecule has 1 aromatic heterocycles. The first-order chi connectivity index (χ1) is 8.38. The second-order valence-electron chi connectivity index (χ2n) is 5.40. The monoisotopic (exact) mass is 231 g/mol. The van der Waals surface area contributed by atoms with E-state index < -0.39 is 0 Å². The number of aromatic nitrogens is 1. The molecule has 3 rings (SSSR count). The van der Waals surface area contributed by atoms with Gasteiger partial charge in [0.25, 0.3) is 0 Å². The van der Waals surface area contributed by atoms with Gasteiger partial charge in [-0.1, -0.05) is 0 Å². The number of nitrogens with two attached hydrogens (primary N) is 1. The molecule has 2 aliphatic carbocycles. The maximum absolute atomic E-state index is 6.01. The zero-order valence-corrected chi connectivity index (χ0v) is 10.3. The minimum atomic E-state index is 0.395. The maximum atomic E-state index is 6.01. The van der Waals surface area contributed by atoms with Crippen LogP contribution in [-0.4, -0.2) is 29.0 Å². The van der Waals surface area contributed by atoms with Crippen LogP contribution in [0.1, 0.15) is 37.3 Å². The average molecular weight is 231 g/mol. The molecule has 0 aromatic carbocycles. The molecule has 0 saturated heterocycles. The molecule has 17 heavy (non-hydrogen) atoms. The Morgan fingerprint density at radius 1 is 1.24 bits per heavy atom. The Hall–Kier alpha value is -0.930. The van der Waals surface area contributed by atoms with Crippen LogP contribution < -0.4 is 5.73 Å². The molecule has 0 radical (unpaired) electrons. The minimum absolute atomic E-state index is 0.395. The highest BCUT2D eigenvalue weighted by Gasteiger charge is 2.37. The highest BCUT2D eigenvalue weighted by atomic mass is 15.2. The number of hydrogen-bond donors (Lipinski definition) is 1. The van der Waals surface area contributed by atoms with Crippen molar-refractivity contribution < 1.29 is 0 Å². The molecule has 3 nitrogen and oxygen atoms in total. The summed E-state index contributed by atoms with van der Waals surface area (Å²) in [5.41, 5.74) is 7.33. The van der Waals surface area contributed by atoms with Crippen molar-refractivity contribution in [2.45, 2.75) is 37.8 Å². The fourth-order valence-electron chi connectivity index (χ4n) is 2.58. The van der Waals surface area contributed by atoms with E-state index in [1.807, 2.05) is 12.4 Å². The first kappa shape index (κ1) is 11.2. The summed E-state index contributed by atoms with van der Waals surface area (Å²) >= 11 is 0. The van der Waals surface area contributed by atoms with E-state index in [1.54, 1.807) is 0 Å². The van der Waals surface area contributed by atoms with Crippen LogP contribution in [0.2, 0.25) is 0 Å². The molecule has 1 heterocycles. The lowest BCUT2D eigenvalue weighted by molar-refractivity contribution is 0.182. The van der Waals surface area contributed by atoms with Crippen LogP contribution in [-0.2, 0) is 0 Å². The van der Waals surface area contributed by atoms with Crippen molar-refractivity contribution in [3.8, 4) is 0 Å². The zero-order chi connectivity index (χ0) is 11.7. The van der Waals surface area contributed by atoms with Gasteiger partial charge in [0.2, 0.25) is 0 Å². The van der Waals surface area contributed by atoms with Crippen LogP contribution in [0.25, 0.3) is 0 Å². The van der Waals surface area contributed by atoms with Gasteiger partial charge in [-0.05, 0) is 49.3 Å². The Morgan fingerprint density at radius 2 is 1.94 bits per heavy atom. The molecule has 1 atom stereocenters. The van der Waals surface area contributed by atoms with Gasteiger partial charge in [-0.15, -0.1) is 0 Å². The number of pyridine rings is 1. The third-order valence-electron chi connectivity index (χ3n) is 3.90. The lowest BCUT2D eigenvalue weighted by atomic mass is 10.1. The van der Waals surface area contributed by atoms with Gasteiger partial charge in [0.05, 0.1) is 0 Å². The fraction of sp³-hybridized carbons (Fsp3) is 0.643. The van der Waals surface area contributed by atoms with Crippen LogP contribution >= 0.6 is 0 Å². The molecule has 2 fully saturated rings. The topological polar surface area (TPSA) is 42.1 Å². The summed E-state index contributed by atoms with van der Waals surface area (Å²) < 4.78 is 0. The van der Waals surface area contributed by atoms with Crippen molar-refractivity contribution in [2.24, 2.45) is 11.7 Å². The van der Waals surface area contributed by atoms with E-state index in [0.29, 0.717) is 12.6 Å². The Morgan fingerprint density at radius 3 is 2.47 bits per heavy atom. The smallest absolute Gasteiger partial charge is 0.0474 e. The Kier molecular flexibility index (Phi) is 3.12. The molecule has 2 aliphatic rings. The summed E-state index contributed by atoms with van der Waals surface area (Å²) in [6, 6.07) is 5.41. The molecular weight excluding hydrogens is 210 g/mol. The van der Waals surface area contributed by atoms with E-state index in [9.17, 15) is 0 Å². The van der Waals surface area contributed by atoms with Gasteiger partial charge >= 0.3 is 0 Å². The van der Waals surface area contributed by atoms with Crippen molar-refractivity contribution in [1.82, 2.24) is 9.88 Å². The van der Waals surface area contributed by atoms with Gasteiger partial charge in [-0.3, -0.25) is 9.88 Å². The van der Waals surface area contributed by atoms with Gasteiger partial charge in [-0.25, -0.2) is 0 Å². The molecule has 0 aliphatic heterocycles. The molecule has 3 heteroatoms. The number of hydrogen-bond acceptors (Lipinski definition) is 3. The third-order valence-corrected chi connectivity index (χ3v) is 3.90. The molecule has 0 bridgehead atoms. The van der Waals surface area contributed by atoms with Crippen LogP contribution in [0.15, 0.2) is 24.5 Å². The first-order valence-electron chi connectivity index (χ1n) is 6.74. The standard InChI is InChI=1S/C14H21N3/c15-9-14(12-5-7-16-8-6-12)17(13-3-4-13)10-11-1-2-11/h5-8,11,13-14H,1-4,9-10,15H2. The highest BCUT2D eigenvalue weighted by molar-refractivity contribution is 5.17. The van der Waals surface area contributed by atoms with Gasteiger partial charge in [0.1, 0.15) is 0 Å². The lowest BCUT2D eigenvalue weighted by Crippen LogP contribution is -2.37. The Bertz CT molecular complexity index is 357. The largest absolute Gasteiger partial charge is 0.329 e. The quantitative estimate of drug-likeness (QED) is 0.813. The predicted octanol–water partition coefficient (Wildman–Crippen LogP) is 1.96. The second-order valence-corrected chi connectivity index (χ2v) is 5.40. The van der Waals surface area contributed by atoms with E-state index in [-0.39, 0.29) is 0 Å². The number of nitrogens with zero attached hydrogens (tertiary/aromatic N) is 2. The molecule has 0 spiro atoms. The first-order valence-corrected chi connectivity index (χ1v) is 6.74. The Balaban J connectivity index is 1.76. The molecule has 1 aromatic rings. The normalized spacial score (nSPS) is 21.8. The predicted molar refractivity (Wildman–Crippen MR) is 68.5 cm³/mol. The molecule has 1 unspecified atom stereocenters. The maximum Gasteiger partial charge on any atom is 0.0474 e. The fourth-order valence-corrected chi connectivity index (χ4v) is 2.58. The van der Waals surface area contributed by atoms with Gasteiger partial charge in [0, 0.05) is 37.6 Å². The van der Waals surface area contributed by atoms with Crippen LogP contribution in [0.4, 0.5) is 0 Å². The SMILES string of the molecule is NCC(c1ccncc1)N(CC1CC1)C1CC1. The minimum Gasteiger partial charge on any atom is -0.329 e. The van der Waals surface area contributed by atoms with Crippen molar-refractivity contribution in [3.63, 3.8) is 0 Å². The van der Waals surface area contributed by atoms with Crippen LogP contribution in [0.5, 0.6) is 0 Å². The molecule has 2 saturated carbocycles. The third kappa shape index (κ3) is 2.67. The highest BCUT2D eigenvalue weighted by Crippen LogP contribution is 2.39. The van der Waals surface area contributed by atoms with Crippen LogP contribution in [0, 0.1) is 5.92 Å². The lowest BCUT2D eigenvalue weighted by Gasteiger charge is -2.31. The van der Waals surface area contributed by atoms with Crippen molar-refractivity contribution in [3.05, 3.63) is 30.1 Å². The van der Waals surface area contributed by atoms with Gasteiger partial charge in [0.15, 0.2) is 0 Å². The summed E-state index contributed by atoms with van der Waals surface area (Å²) in [6.07, 6.45) is 9.29. The van der Waals surface area contributed by atoms with Gasteiger partial charge in [-0.2, -0.15) is 0 Å². The second kappa shape index (κ2) is 4.75. The van der Waals surface area contributed by atoms with E-state index in [0.717, 1.165) is 12.0 Å². The van der Waals surface area contributed by atoms with Crippen molar-refractivity contribution in [1.29, 1.82) is 0 Å². The van der Waals surface area contributed by atoms with Crippen molar-refractivity contribution >= 4 is 0 Å². The van der Waals surface area contributed by atoms with E-state index >= 15 is 0 Å². The van der Waals surface area contributed by atoms with Crippen LogP contribution in [0.3, 0.4) is 0 Å². The number of rotatable bonds is 6. The molecular formula is C14H21N3. The summed E-state index contributed by atoms with van der Waals surface area (Å²) in [4.78, 5) is 6.74. The summed E-state index contributed by atoms with van der Waals surface area (Å²) in [6.45, 7) is 1.96. The van der Waals surface area contributed by atoms with Gasteiger partial charge < -0.3 is 5.73 Å². The Labute approximate surface area is 103 Å². The summed E-state index contributed by atoms with van der Waals surface area (Å²) in [5, 5.41) is 0. The average Bonchev–Trinajstić information content (AvgIpc) is 3.24.